The van der Waals surface area contributed by atoms with Gasteiger partial charge >= 0.3 is 0 Å². The average molecular weight is 356 g/mol. The maximum Gasteiger partial charge on any atom is 0.241 e. The number of halogens is 1. The smallest absolute Gasteiger partial charge is 0.241 e. The van der Waals surface area contributed by atoms with Gasteiger partial charge in [0, 0.05) is 43.4 Å². The first-order valence-electron chi connectivity index (χ1n) is 7.32. The van der Waals surface area contributed by atoms with Crippen molar-refractivity contribution in [3.05, 3.63) is 28.2 Å². The van der Waals surface area contributed by atoms with Crippen LogP contribution in [0.4, 0.5) is 5.69 Å². The van der Waals surface area contributed by atoms with Crippen molar-refractivity contribution in [2.75, 3.05) is 32.1 Å². The summed E-state index contributed by atoms with van der Waals surface area (Å²) in [6.07, 6.45) is 0. The molecular formula is C16H26BrN3O. The lowest BCUT2D eigenvalue weighted by molar-refractivity contribution is -0.127. The number of carbonyl (C=O) groups excluding carboxylic acids is 1. The summed E-state index contributed by atoms with van der Waals surface area (Å²) in [6, 6.07) is 6.73. The largest absolute Gasteiger partial charge is 0.362 e. The standard InChI is InChI=1S/C16H26BrN3O/c1-6-20(11-16(21)19(4)5)14-8-7-13(15(17)9-14)10-18-12(2)3/h7-9,12,18H,6,10-11H2,1-5H3. The molecule has 1 rings (SSSR count). The van der Waals surface area contributed by atoms with Gasteiger partial charge in [-0.15, -0.1) is 0 Å². The molecule has 0 saturated heterocycles. The monoisotopic (exact) mass is 355 g/mol. The topological polar surface area (TPSA) is 35.6 Å². The molecule has 0 saturated carbocycles. The minimum absolute atomic E-state index is 0.110. The highest BCUT2D eigenvalue weighted by Gasteiger charge is 2.12. The number of rotatable bonds is 7. The third-order valence-corrected chi connectivity index (χ3v) is 4.05. The minimum atomic E-state index is 0.110. The molecule has 0 fully saturated rings. The molecule has 5 heteroatoms. The molecule has 4 nitrogen and oxygen atoms in total. The Morgan fingerprint density at radius 2 is 2.00 bits per heavy atom. The van der Waals surface area contributed by atoms with E-state index in [1.807, 2.05) is 0 Å². The van der Waals surface area contributed by atoms with Crippen molar-refractivity contribution >= 4 is 27.5 Å². The Morgan fingerprint density at radius 3 is 2.48 bits per heavy atom. The van der Waals surface area contributed by atoms with Gasteiger partial charge in [0.25, 0.3) is 0 Å². The summed E-state index contributed by atoms with van der Waals surface area (Å²) < 4.78 is 1.07. The zero-order valence-electron chi connectivity index (χ0n) is 13.6. The van der Waals surface area contributed by atoms with Crippen molar-refractivity contribution in [3.8, 4) is 0 Å². The first-order chi connectivity index (χ1) is 9.85. The predicted octanol–water partition coefficient (Wildman–Crippen LogP) is 2.86. The zero-order valence-corrected chi connectivity index (χ0v) is 15.2. The molecule has 0 radical (unpaired) electrons. The van der Waals surface area contributed by atoms with Gasteiger partial charge in [-0.1, -0.05) is 35.8 Å². The van der Waals surface area contributed by atoms with E-state index >= 15 is 0 Å². The normalized spacial score (nSPS) is 10.8. The lowest BCUT2D eigenvalue weighted by Crippen LogP contribution is -2.36. The summed E-state index contributed by atoms with van der Waals surface area (Å²) in [4.78, 5) is 15.6. The third-order valence-electron chi connectivity index (χ3n) is 3.31. The summed E-state index contributed by atoms with van der Waals surface area (Å²) >= 11 is 3.63. The van der Waals surface area contributed by atoms with E-state index in [0.29, 0.717) is 12.6 Å². The summed E-state index contributed by atoms with van der Waals surface area (Å²) in [6.45, 7) is 8.36. The van der Waals surface area contributed by atoms with Gasteiger partial charge in [-0.2, -0.15) is 0 Å². The molecule has 0 aliphatic carbocycles. The number of nitrogens with zero attached hydrogens (tertiary/aromatic N) is 2. The highest BCUT2D eigenvalue weighted by molar-refractivity contribution is 9.10. The van der Waals surface area contributed by atoms with E-state index in [9.17, 15) is 4.79 Å². The van der Waals surface area contributed by atoms with Crippen molar-refractivity contribution in [2.24, 2.45) is 0 Å². The van der Waals surface area contributed by atoms with Crippen LogP contribution in [0.25, 0.3) is 0 Å². The third kappa shape index (κ3) is 5.67. The number of anilines is 1. The summed E-state index contributed by atoms with van der Waals surface area (Å²) in [5, 5.41) is 3.41. The van der Waals surface area contributed by atoms with E-state index in [0.717, 1.165) is 23.2 Å². The molecule has 1 N–H and O–H groups in total. The number of amides is 1. The molecular weight excluding hydrogens is 330 g/mol. The molecule has 0 aliphatic heterocycles. The maximum absolute atomic E-state index is 11.9. The number of nitrogens with one attached hydrogen (secondary N) is 1. The molecule has 0 aliphatic rings. The second kappa shape index (κ2) is 8.39. The van der Waals surface area contributed by atoms with Crippen LogP contribution in [0.15, 0.2) is 22.7 Å². The predicted molar refractivity (Wildman–Crippen MR) is 92.7 cm³/mol. The minimum Gasteiger partial charge on any atom is -0.362 e. The van der Waals surface area contributed by atoms with Crippen molar-refractivity contribution in [2.45, 2.75) is 33.4 Å². The number of carbonyl (C=O) groups is 1. The molecule has 0 spiro atoms. The van der Waals surface area contributed by atoms with Gasteiger partial charge in [0.05, 0.1) is 6.54 Å². The highest BCUT2D eigenvalue weighted by atomic mass is 79.9. The highest BCUT2D eigenvalue weighted by Crippen LogP contribution is 2.24. The Labute approximate surface area is 136 Å². The molecule has 0 atom stereocenters. The number of likely N-dealkylation sites (N-methyl/N-ethyl adjacent to an activating group) is 2. The van der Waals surface area contributed by atoms with Crippen LogP contribution in [0.2, 0.25) is 0 Å². The number of hydrogen-bond acceptors (Lipinski definition) is 3. The Morgan fingerprint density at radius 1 is 1.33 bits per heavy atom. The second-order valence-electron chi connectivity index (χ2n) is 5.61. The van der Waals surface area contributed by atoms with Crippen LogP contribution in [-0.4, -0.2) is 44.0 Å². The van der Waals surface area contributed by atoms with Gasteiger partial charge in [0.15, 0.2) is 0 Å². The van der Waals surface area contributed by atoms with Gasteiger partial charge in [0.2, 0.25) is 5.91 Å². The molecule has 21 heavy (non-hydrogen) atoms. The fraction of sp³-hybridized carbons (Fsp3) is 0.562. The van der Waals surface area contributed by atoms with Crippen molar-refractivity contribution < 1.29 is 4.79 Å². The molecule has 118 valence electrons. The van der Waals surface area contributed by atoms with Gasteiger partial charge < -0.3 is 15.1 Å². The number of hydrogen-bond donors (Lipinski definition) is 1. The van der Waals surface area contributed by atoms with Crippen LogP contribution >= 0.6 is 15.9 Å². The summed E-state index contributed by atoms with van der Waals surface area (Å²) in [5.74, 6) is 0.110. The quantitative estimate of drug-likeness (QED) is 0.816. The molecule has 0 bridgehead atoms. The Balaban J connectivity index is 2.82. The fourth-order valence-electron chi connectivity index (χ4n) is 1.88. The average Bonchev–Trinajstić information content (AvgIpc) is 2.42. The van der Waals surface area contributed by atoms with E-state index in [4.69, 9.17) is 0 Å². The van der Waals surface area contributed by atoms with Crippen molar-refractivity contribution in [3.63, 3.8) is 0 Å². The van der Waals surface area contributed by atoms with E-state index < -0.39 is 0 Å². The van der Waals surface area contributed by atoms with Crippen molar-refractivity contribution in [1.82, 2.24) is 10.2 Å². The lowest BCUT2D eigenvalue weighted by atomic mass is 10.2. The SMILES string of the molecule is CCN(CC(=O)N(C)C)c1ccc(CNC(C)C)c(Br)c1. The van der Waals surface area contributed by atoms with Gasteiger partial charge in [-0.05, 0) is 24.6 Å². The van der Waals surface area contributed by atoms with Gasteiger partial charge in [0.1, 0.15) is 0 Å². The van der Waals surface area contributed by atoms with Gasteiger partial charge in [-0.3, -0.25) is 4.79 Å². The summed E-state index contributed by atoms with van der Waals surface area (Å²) in [5.41, 5.74) is 2.29. The lowest BCUT2D eigenvalue weighted by Gasteiger charge is -2.25. The van der Waals surface area contributed by atoms with Gasteiger partial charge in [-0.25, -0.2) is 0 Å². The van der Waals surface area contributed by atoms with Crippen LogP contribution in [0.1, 0.15) is 26.3 Å². The van der Waals surface area contributed by atoms with E-state index in [-0.39, 0.29) is 5.91 Å². The molecule has 0 aromatic heterocycles. The second-order valence-corrected chi connectivity index (χ2v) is 6.47. The van der Waals surface area contributed by atoms with E-state index in [2.05, 4.69) is 65.1 Å². The van der Waals surface area contributed by atoms with E-state index in [1.54, 1.807) is 19.0 Å². The molecule has 0 unspecified atom stereocenters. The first kappa shape index (κ1) is 18.0. The molecule has 1 aromatic carbocycles. The van der Waals surface area contributed by atoms with Crippen LogP contribution in [0, 0.1) is 0 Å². The van der Waals surface area contributed by atoms with Crippen LogP contribution in [0.3, 0.4) is 0 Å². The molecule has 1 amide bonds. The summed E-state index contributed by atoms with van der Waals surface area (Å²) in [7, 11) is 3.57. The molecule has 0 heterocycles. The maximum atomic E-state index is 11.9. The van der Waals surface area contributed by atoms with Crippen LogP contribution < -0.4 is 10.2 Å². The molecule has 1 aromatic rings. The fourth-order valence-corrected chi connectivity index (χ4v) is 2.39. The van der Waals surface area contributed by atoms with Crippen molar-refractivity contribution in [1.29, 1.82) is 0 Å². The van der Waals surface area contributed by atoms with E-state index in [1.165, 1.54) is 5.56 Å². The Kier molecular flexibility index (Phi) is 7.18. The Bertz CT molecular complexity index is 475. The van der Waals surface area contributed by atoms with Crippen LogP contribution in [0.5, 0.6) is 0 Å². The zero-order chi connectivity index (χ0) is 16.0. The Hall–Kier alpha value is -1.07. The number of benzene rings is 1. The first-order valence-corrected chi connectivity index (χ1v) is 8.11. The van der Waals surface area contributed by atoms with Crippen LogP contribution in [-0.2, 0) is 11.3 Å².